The van der Waals surface area contributed by atoms with Crippen LogP contribution in [0.15, 0.2) is 23.1 Å². The summed E-state index contributed by atoms with van der Waals surface area (Å²) in [4.78, 5) is 14.8. The first-order chi connectivity index (χ1) is 12.3. The van der Waals surface area contributed by atoms with Gasteiger partial charge in [0.2, 0.25) is 15.9 Å². The lowest BCUT2D eigenvalue weighted by molar-refractivity contribution is -0.126. The summed E-state index contributed by atoms with van der Waals surface area (Å²) in [5.41, 5.74) is 0.721. The van der Waals surface area contributed by atoms with Crippen LogP contribution < -0.4 is 10.5 Å². The maximum Gasteiger partial charge on any atom is 0.238 e. The molecular formula is C17H22ClN3O4S. The van der Waals surface area contributed by atoms with Gasteiger partial charge >= 0.3 is 0 Å². The number of carbonyl (C=O) groups is 1. The molecule has 1 saturated carbocycles. The van der Waals surface area contributed by atoms with Gasteiger partial charge in [-0.1, -0.05) is 11.6 Å². The van der Waals surface area contributed by atoms with Gasteiger partial charge in [-0.15, -0.1) is 0 Å². The molecule has 3 atom stereocenters. The van der Waals surface area contributed by atoms with E-state index in [-0.39, 0.29) is 29.0 Å². The number of benzene rings is 1. The molecule has 0 unspecified atom stereocenters. The first kappa shape index (κ1) is 18.2. The quantitative estimate of drug-likeness (QED) is 0.769. The summed E-state index contributed by atoms with van der Waals surface area (Å²) in [5.74, 6) is 0.0270. The van der Waals surface area contributed by atoms with Gasteiger partial charge in [-0.3, -0.25) is 9.69 Å². The zero-order valence-corrected chi connectivity index (χ0v) is 15.8. The largest absolute Gasteiger partial charge is 0.376 e. The lowest BCUT2D eigenvalue weighted by Gasteiger charge is -2.28. The second-order valence-electron chi connectivity index (χ2n) is 7.31. The highest BCUT2D eigenvalue weighted by atomic mass is 35.5. The molecule has 2 saturated heterocycles. The lowest BCUT2D eigenvalue weighted by Crippen LogP contribution is -2.46. The molecule has 1 amide bonds. The Morgan fingerprint density at radius 2 is 2.08 bits per heavy atom. The molecule has 2 aliphatic heterocycles. The molecule has 0 spiro atoms. The van der Waals surface area contributed by atoms with Gasteiger partial charge in [0.05, 0.1) is 17.0 Å². The van der Waals surface area contributed by atoms with Crippen LogP contribution in [0.2, 0.25) is 5.02 Å². The number of sulfonamides is 1. The van der Waals surface area contributed by atoms with Crippen molar-refractivity contribution >= 4 is 27.5 Å². The second kappa shape index (κ2) is 6.76. The molecule has 142 valence electrons. The molecule has 1 aromatic rings. The number of carbonyl (C=O) groups excluding carboxylic acids is 1. The van der Waals surface area contributed by atoms with E-state index in [0.717, 1.165) is 24.8 Å². The summed E-state index contributed by atoms with van der Waals surface area (Å²) in [6.45, 7) is 1.11. The Bertz CT molecular complexity index is 827. The molecule has 0 aromatic heterocycles. The highest BCUT2D eigenvalue weighted by molar-refractivity contribution is 7.89. The Morgan fingerprint density at radius 3 is 2.77 bits per heavy atom. The summed E-state index contributed by atoms with van der Waals surface area (Å²) in [7, 11) is -3.84. The van der Waals surface area contributed by atoms with Crippen molar-refractivity contribution in [2.75, 3.05) is 6.61 Å². The standard InChI is InChI=1S/C17H22ClN3O4S/c18-11-5-10(6-13(7-11)26(19,23)24)9-21-14-3-4-25-16(14)8-15(21)17(22)20-12-1-2-12/h5-7,12,14-16H,1-4,8-9H2,(H,20,22)(H2,19,23,24)/t14-,15-,16-/m0/s1. The van der Waals surface area contributed by atoms with Crippen LogP contribution in [-0.2, 0) is 26.1 Å². The third-order valence-electron chi connectivity index (χ3n) is 5.31. The first-order valence-corrected chi connectivity index (χ1v) is 10.7. The zero-order chi connectivity index (χ0) is 18.5. The highest BCUT2D eigenvalue weighted by Gasteiger charge is 2.48. The van der Waals surface area contributed by atoms with Gasteiger partial charge in [0.15, 0.2) is 0 Å². The summed E-state index contributed by atoms with van der Waals surface area (Å²) in [6, 6.07) is 4.76. The number of rotatable bonds is 5. The van der Waals surface area contributed by atoms with Gasteiger partial charge < -0.3 is 10.1 Å². The normalized spacial score (nSPS) is 28.9. The van der Waals surface area contributed by atoms with Crippen molar-refractivity contribution in [1.29, 1.82) is 0 Å². The molecule has 2 heterocycles. The van der Waals surface area contributed by atoms with Crippen molar-refractivity contribution < 1.29 is 17.9 Å². The van der Waals surface area contributed by atoms with Gasteiger partial charge in [0.25, 0.3) is 0 Å². The Balaban J connectivity index is 1.59. The van der Waals surface area contributed by atoms with E-state index in [1.165, 1.54) is 12.1 Å². The van der Waals surface area contributed by atoms with Gasteiger partial charge in [0.1, 0.15) is 0 Å². The zero-order valence-electron chi connectivity index (χ0n) is 14.2. The van der Waals surface area contributed by atoms with E-state index in [2.05, 4.69) is 10.2 Å². The van der Waals surface area contributed by atoms with E-state index in [1.54, 1.807) is 6.07 Å². The number of amides is 1. The number of nitrogens with zero attached hydrogens (tertiary/aromatic N) is 1. The minimum absolute atomic E-state index is 0.0163. The molecule has 3 aliphatic rings. The minimum atomic E-state index is -3.84. The number of nitrogens with two attached hydrogens (primary N) is 1. The van der Waals surface area contributed by atoms with Crippen molar-refractivity contribution in [3.05, 3.63) is 28.8 Å². The van der Waals surface area contributed by atoms with Crippen LogP contribution in [0.25, 0.3) is 0 Å². The van der Waals surface area contributed by atoms with Crippen molar-refractivity contribution in [1.82, 2.24) is 10.2 Å². The molecule has 1 aromatic carbocycles. The third kappa shape index (κ3) is 3.75. The number of nitrogens with one attached hydrogen (secondary N) is 1. The maximum absolute atomic E-state index is 12.7. The number of halogens is 1. The fraction of sp³-hybridized carbons (Fsp3) is 0.588. The molecular weight excluding hydrogens is 378 g/mol. The molecule has 26 heavy (non-hydrogen) atoms. The SMILES string of the molecule is NS(=O)(=O)c1cc(Cl)cc(CN2[C@H](C(=O)NC3CC3)C[C@@H]3OCC[C@@H]32)c1. The number of hydrogen-bond donors (Lipinski definition) is 2. The van der Waals surface area contributed by atoms with Crippen molar-refractivity contribution in [3.8, 4) is 0 Å². The number of likely N-dealkylation sites (tertiary alicyclic amines) is 1. The fourth-order valence-electron chi connectivity index (χ4n) is 3.93. The van der Waals surface area contributed by atoms with Crippen LogP contribution in [0.5, 0.6) is 0 Å². The van der Waals surface area contributed by atoms with Crippen LogP contribution in [0.1, 0.15) is 31.2 Å². The Hall–Kier alpha value is -1.19. The summed E-state index contributed by atoms with van der Waals surface area (Å²) in [5, 5.41) is 8.62. The summed E-state index contributed by atoms with van der Waals surface area (Å²) >= 11 is 6.09. The fourth-order valence-corrected chi connectivity index (χ4v) is 4.85. The topological polar surface area (TPSA) is 102 Å². The van der Waals surface area contributed by atoms with E-state index in [0.29, 0.717) is 30.6 Å². The number of fused-ring (bicyclic) bond motifs is 1. The van der Waals surface area contributed by atoms with Crippen LogP contribution >= 0.6 is 11.6 Å². The Kier molecular flexibility index (Phi) is 4.73. The van der Waals surface area contributed by atoms with Gasteiger partial charge in [-0.25, -0.2) is 13.6 Å². The lowest BCUT2D eigenvalue weighted by atomic mass is 10.1. The molecule has 3 N–H and O–H groups in total. The monoisotopic (exact) mass is 399 g/mol. The number of hydrogen-bond acceptors (Lipinski definition) is 5. The van der Waals surface area contributed by atoms with Gasteiger partial charge in [-0.05, 0) is 49.4 Å². The average Bonchev–Trinajstić information content (AvgIpc) is 3.13. The molecule has 9 heteroatoms. The Morgan fingerprint density at radius 1 is 1.31 bits per heavy atom. The van der Waals surface area contributed by atoms with E-state index in [4.69, 9.17) is 21.5 Å². The van der Waals surface area contributed by atoms with Crippen molar-refractivity contribution in [3.63, 3.8) is 0 Å². The van der Waals surface area contributed by atoms with Crippen LogP contribution in [-0.4, -0.2) is 50.1 Å². The molecule has 3 fully saturated rings. The minimum Gasteiger partial charge on any atom is -0.376 e. The van der Waals surface area contributed by atoms with E-state index >= 15 is 0 Å². The van der Waals surface area contributed by atoms with Gasteiger partial charge in [-0.2, -0.15) is 0 Å². The number of primary sulfonamides is 1. The molecule has 7 nitrogen and oxygen atoms in total. The molecule has 4 rings (SSSR count). The average molecular weight is 400 g/mol. The predicted molar refractivity (Wildman–Crippen MR) is 96.1 cm³/mol. The smallest absolute Gasteiger partial charge is 0.238 e. The first-order valence-electron chi connectivity index (χ1n) is 8.81. The highest BCUT2D eigenvalue weighted by Crippen LogP contribution is 2.36. The van der Waals surface area contributed by atoms with Gasteiger partial charge in [0, 0.05) is 30.3 Å². The predicted octanol–water partition coefficient (Wildman–Crippen LogP) is 0.998. The van der Waals surface area contributed by atoms with Crippen LogP contribution in [0.4, 0.5) is 0 Å². The van der Waals surface area contributed by atoms with E-state index in [9.17, 15) is 13.2 Å². The summed E-state index contributed by atoms with van der Waals surface area (Å²) in [6.07, 6.45) is 3.63. The number of ether oxygens (including phenoxy) is 1. The van der Waals surface area contributed by atoms with Crippen molar-refractivity contribution in [2.24, 2.45) is 5.14 Å². The maximum atomic E-state index is 12.7. The van der Waals surface area contributed by atoms with Crippen LogP contribution in [0, 0.1) is 0 Å². The van der Waals surface area contributed by atoms with E-state index < -0.39 is 10.0 Å². The Labute approximate surface area is 157 Å². The van der Waals surface area contributed by atoms with Crippen LogP contribution in [0.3, 0.4) is 0 Å². The van der Waals surface area contributed by atoms with Crippen molar-refractivity contribution in [2.45, 2.75) is 61.4 Å². The molecule has 0 radical (unpaired) electrons. The van der Waals surface area contributed by atoms with E-state index in [1.807, 2.05) is 0 Å². The second-order valence-corrected chi connectivity index (χ2v) is 9.31. The molecule has 1 aliphatic carbocycles. The third-order valence-corrected chi connectivity index (χ3v) is 6.42. The summed E-state index contributed by atoms with van der Waals surface area (Å²) < 4.78 is 29.1. The molecule has 0 bridgehead atoms.